The largest absolute Gasteiger partial charge is 0.489 e. The van der Waals surface area contributed by atoms with E-state index in [1.807, 2.05) is 54.6 Å². The first-order valence-electron chi connectivity index (χ1n) is 10.2. The molecule has 1 atom stereocenters. The van der Waals surface area contributed by atoms with E-state index >= 15 is 0 Å². The van der Waals surface area contributed by atoms with Gasteiger partial charge in [0, 0.05) is 13.0 Å². The van der Waals surface area contributed by atoms with E-state index in [4.69, 9.17) is 18.9 Å². The van der Waals surface area contributed by atoms with Crippen LogP contribution >= 0.6 is 0 Å². The van der Waals surface area contributed by atoms with E-state index in [1.54, 1.807) is 20.8 Å². The molecule has 0 saturated heterocycles. The quantitative estimate of drug-likeness (QED) is 0.449. The molecule has 7 heteroatoms. The average Bonchev–Trinajstić information content (AvgIpc) is 2.74. The van der Waals surface area contributed by atoms with Gasteiger partial charge in [-0.1, -0.05) is 42.5 Å². The van der Waals surface area contributed by atoms with Crippen molar-refractivity contribution in [3.63, 3.8) is 0 Å². The Morgan fingerprint density at radius 2 is 1.58 bits per heavy atom. The number of hydrogen-bond donors (Lipinski definition) is 1. The number of hydrogen-bond acceptors (Lipinski definition) is 6. The number of methoxy groups -OCH3 is 1. The van der Waals surface area contributed by atoms with Crippen LogP contribution in [0.5, 0.6) is 5.75 Å². The van der Waals surface area contributed by atoms with Gasteiger partial charge in [0.2, 0.25) is 0 Å². The molecule has 0 aliphatic heterocycles. The molecule has 0 aliphatic carbocycles. The van der Waals surface area contributed by atoms with Gasteiger partial charge in [-0.05, 0) is 44.0 Å². The highest BCUT2D eigenvalue weighted by Crippen LogP contribution is 2.15. The van der Waals surface area contributed by atoms with Crippen LogP contribution in [-0.2, 0) is 32.2 Å². The Morgan fingerprint density at radius 3 is 2.19 bits per heavy atom. The SMILES string of the molecule is COC(=O)[C@H](CCOCc1ccc(OCc2ccccc2)cc1)NC(=O)OC(C)(C)C. The molecule has 0 aliphatic rings. The molecule has 0 fully saturated rings. The van der Waals surface area contributed by atoms with Gasteiger partial charge in [-0.3, -0.25) is 0 Å². The number of alkyl carbamates (subject to hydrolysis) is 1. The van der Waals surface area contributed by atoms with Crippen LogP contribution in [0.1, 0.15) is 38.3 Å². The predicted molar refractivity (Wildman–Crippen MR) is 117 cm³/mol. The lowest BCUT2D eigenvalue weighted by molar-refractivity contribution is -0.143. The van der Waals surface area contributed by atoms with Crippen LogP contribution in [0.2, 0.25) is 0 Å². The molecule has 0 saturated carbocycles. The molecule has 0 spiro atoms. The number of nitrogens with one attached hydrogen (secondary N) is 1. The zero-order valence-corrected chi connectivity index (χ0v) is 18.6. The van der Waals surface area contributed by atoms with Gasteiger partial charge in [-0.2, -0.15) is 0 Å². The van der Waals surface area contributed by atoms with Crippen molar-refractivity contribution in [3.05, 3.63) is 65.7 Å². The number of esters is 1. The van der Waals surface area contributed by atoms with Crippen LogP contribution in [0.15, 0.2) is 54.6 Å². The third-order valence-electron chi connectivity index (χ3n) is 4.17. The maximum absolute atomic E-state index is 11.9. The van der Waals surface area contributed by atoms with E-state index in [9.17, 15) is 9.59 Å². The number of ether oxygens (including phenoxy) is 4. The van der Waals surface area contributed by atoms with Crippen molar-refractivity contribution in [1.82, 2.24) is 5.32 Å². The fraction of sp³-hybridized carbons (Fsp3) is 0.417. The summed E-state index contributed by atoms with van der Waals surface area (Å²) in [5.41, 5.74) is 1.43. The molecule has 1 N–H and O–H groups in total. The third-order valence-corrected chi connectivity index (χ3v) is 4.17. The Labute approximate surface area is 183 Å². The summed E-state index contributed by atoms with van der Waals surface area (Å²) in [5, 5.41) is 2.53. The van der Waals surface area contributed by atoms with Crippen LogP contribution < -0.4 is 10.1 Å². The van der Waals surface area contributed by atoms with Gasteiger partial charge < -0.3 is 24.3 Å². The maximum atomic E-state index is 11.9. The van der Waals surface area contributed by atoms with Crippen LogP contribution in [0.4, 0.5) is 4.79 Å². The first-order valence-corrected chi connectivity index (χ1v) is 10.2. The Hall–Kier alpha value is -3.06. The zero-order valence-electron chi connectivity index (χ0n) is 18.6. The molecular formula is C24H31NO6. The summed E-state index contributed by atoms with van der Waals surface area (Å²) in [6.45, 7) is 6.40. The lowest BCUT2D eigenvalue weighted by atomic mass is 10.2. The highest BCUT2D eigenvalue weighted by molar-refractivity contribution is 5.81. The van der Waals surface area contributed by atoms with Crippen molar-refractivity contribution in [2.45, 2.75) is 52.0 Å². The molecule has 2 rings (SSSR count). The summed E-state index contributed by atoms with van der Waals surface area (Å²) < 4.78 is 21.4. The van der Waals surface area contributed by atoms with E-state index < -0.39 is 23.7 Å². The lowest BCUT2D eigenvalue weighted by Gasteiger charge is -2.22. The summed E-state index contributed by atoms with van der Waals surface area (Å²) in [7, 11) is 1.27. The molecule has 0 aromatic heterocycles. The minimum atomic E-state index is -0.839. The molecule has 0 radical (unpaired) electrons. The number of amides is 1. The Bertz CT molecular complexity index is 814. The molecule has 1 amide bonds. The van der Waals surface area contributed by atoms with E-state index in [0.717, 1.165) is 16.9 Å². The van der Waals surface area contributed by atoms with Crippen LogP contribution in [0, 0.1) is 0 Å². The lowest BCUT2D eigenvalue weighted by Crippen LogP contribution is -2.44. The minimum absolute atomic E-state index is 0.266. The fourth-order valence-corrected chi connectivity index (χ4v) is 2.66. The molecular weight excluding hydrogens is 398 g/mol. The van der Waals surface area contributed by atoms with Crippen molar-refractivity contribution in [1.29, 1.82) is 0 Å². The second-order valence-corrected chi connectivity index (χ2v) is 7.98. The van der Waals surface area contributed by atoms with Gasteiger partial charge in [0.15, 0.2) is 0 Å². The molecule has 0 unspecified atom stereocenters. The van der Waals surface area contributed by atoms with Crippen LogP contribution in [0.25, 0.3) is 0 Å². The van der Waals surface area contributed by atoms with E-state index in [0.29, 0.717) is 13.2 Å². The highest BCUT2D eigenvalue weighted by atomic mass is 16.6. The van der Waals surface area contributed by atoms with Gasteiger partial charge in [-0.25, -0.2) is 9.59 Å². The molecule has 2 aromatic carbocycles. The average molecular weight is 430 g/mol. The fourth-order valence-electron chi connectivity index (χ4n) is 2.66. The maximum Gasteiger partial charge on any atom is 0.408 e. The monoisotopic (exact) mass is 429 g/mol. The highest BCUT2D eigenvalue weighted by Gasteiger charge is 2.24. The number of rotatable bonds is 10. The van der Waals surface area contributed by atoms with Gasteiger partial charge in [-0.15, -0.1) is 0 Å². The van der Waals surface area contributed by atoms with Crippen molar-refractivity contribution in [2.75, 3.05) is 13.7 Å². The van der Waals surface area contributed by atoms with Crippen LogP contribution in [0.3, 0.4) is 0 Å². The zero-order chi connectivity index (χ0) is 22.7. The normalized spacial score (nSPS) is 12.0. The van der Waals surface area contributed by atoms with Gasteiger partial charge in [0.1, 0.15) is 24.0 Å². The molecule has 0 bridgehead atoms. The summed E-state index contributed by atoms with van der Waals surface area (Å²) in [6.07, 6.45) is -0.404. The number of carbonyl (C=O) groups excluding carboxylic acids is 2. The number of benzene rings is 2. The Balaban J connectivity index is 1.75. The first-order chi connectivity index (χ1) is 14.8. The van der Waals surface area contributed by atoms with Crippen molar-refractivity contribution >= 4 is 12.1 Å². The van der Waals surface area contributed by atoms with E-state index in [1.165, 1.54) is 7.11 Å². The minimum Gasteiger partial charge on any atom is -0.489 e. The van der Waals surface area contributed by atoms with E-state index in [2.05, 4.69) is 5.32 Å². The first kappa shape index (κ1) is 24.2. The summed E-state index contributed by atoms with van der Waals surface area (Å²) in [6, 6.07) is 16.8. The molecule has 7 nitrogen and oxygen atoms in total. The Kier molecular flexibility index (Phi) is 9.34. The molecule has 31 heavy (non-hydrogen) atoms. The number of carbonyl (C=O) groups is 2. The third kappa shape index (κ3) is 9.53. The van der Waals surface area contributed by atoms with Crippen LogP contribution in [-0.4, -0.2) is 37.4 Å². The Morgan fingerprint density at radius 1 is 0.935 bits per heavy atom. The van der Waals surface area contributed by atoms with Crippen molar-refractivity contribution < 1.29 is 28.5 Å². The smallest absolute Gasteiger partial charge is 0.408 e. The van der Waals surface area contributed by atoms with Gasteiger partial charge in [0.25, 0.3) is 0 Å². The summed E-state index contributed by atoms with van der Waals surface area (Å²) in [4.78, 5) is 23.8. The van der Waals surface area contributed by atoms with Crippen molar-refractivity contribution in [2.24, 2.45) is 0 Å². The molecule has 2 aromatic rings. The topological polar surface area (TPSA) is 83.1 Å². The van der Waals surface area contributed by atoms with E-state index in [-0.39, 0.29) is 13.0 Å². The molecule has 0 heterocycles. The van der Waals surface area contributed by atoms with Gasteiger partial charge >= 0.3 is 12.1 Å². The second kappa shape index (κ2) is 12.0. The van der Waals surface area contributed by atoms with Gasteiger partial charge in [0.05, 0.1) is 13.7 Å². The second-order valence-electron chi connectivity index (χ2n) is 7.98. The standard InChI is InChI=1S/C24H31NO6/c1-24(2,3)31-23(27)25-21(22(26)28-4)14-15-29-16-19-10-12-20(13-11-19)30-17-18-8-6-5-7-9-18/h5-13,21H,14-17H2,1-4H3,(H,25,27)/t21-/m0/s1. The molecule has 168 valence electrons. The van der Waals surface area contributed by atoms with Crippen molar-refractivity contribution in [3.8, 4) is 5.75 Å². The summed E-state index contributed by atoms with van der Waals surface area (Å²) >= 11 is 0. The predicted octanol–water partition coefficient (Wildman–Crippen LogP) is 4.24. The summed E-state index contributed by atoms with van der Waals surface area (Å²) in [5.74, 6) is 0.231.